The van der Waals surface area contributed by atoms with E-state index >= 15 is 0 Å². The van der Waals surface area contributed by atoms with Gasteiger partial charge in [0.1, 0.15) is 5.82 Å². The van der Waals surface area contributed by atoms with Gasteiger partial charge < -0.3 is 15.5 Å². The van der Waals surface area contributed by atoms with Crippen LogP contribution in [0.25, 0.3) is 5.57 Å². The van der Waals surface area contributed by atoms with E-state index in [1.165, 1.54) is 29.8 Å². The van der Waals surface area contributed by atoms with Crippen molar-refractivity contribution in [3.05, 3.63) is 59.5 Å². The van der Waals surface area contributed by atoms with E-state index in [-0.39, 0.29) is 11.7 Å². The number of fused-ring (bicyclic) bond motifs is 1. The van der Waals surface area contributed by atoms with Crippen LogP contribution < -0.4 is 15.5 Å². The molecule has 5 heteroatoms. The van der Waals surface area contributed by atoms with E-state index < -0.39 is 0 Å². The molecule has 0 radical (unpaired) electrons. The molecule has 0 spiro atoms. The van der Waals surface area contributed by atoms with Gasteiger partial charge in [0, 0.05) is 36.2 Å². The van der Waals surface area contributed by atoms with Gasteiger partial charge in [-0.1, -0.05) is 13.8 Å². The molecule has 1 amide bonds. The van der Waals surface area contributed by atoms with Crippen LogP contribution in [0.2, 0.25) is 0 Å². The molecule has 146 valence electrons. The summed E-state index contributed by atoms with van der Waals surface area (Å²) in [5, 5.41) is 5.93. The maximum atomic E-state index is 13.4. The van der Waals surface area contributed by atoms with E-state index in [0.717, 1.165) is 18.8 Å². The quantitative estimate of drug-likeness (QED) is 0.736. The Morgan fingerprint density at radius 3 is 2.61 bits per heavy atom. The van der Waals surface area contributed by atoms with Crippen LogP contribution in [0, 0.1) is 24.6 Å². The normalized spacial score (nSPS) is 22.9. The molecule has 0 aromatic heterocycles. The highest BCUT2D eigenvalue weighted by Gasteiger charge is 2.25. The smallest absolute Gasteiger partial charge is 0.257 e. The average molecular weight is 379 g/mol. The minimum atomic E-state index is -0.360. The molecule has 1 fully saturated rings. The Labute approximate surface area is 165 Å². The van der Waals surface area contributed by atoms with Crippen LogP contribution in [0.4, 0.5) is 21.5 Å². The summed E-state index contributed by atoms with van der Waals surface area (Å²) in [6.07, 6.45) is 2.98. The topological polar surface area (TPSA) is 44.4 Å². The lowest BCUT2D eigenvalue weighted by Crippen LogP contribution is -2.39. The summed E-state index contributed by atoms with van der Waals surface area (Å²) in [5.74, 6) is 0.825. The summed E-state index contributed by atoms with van der Waals surface area (Å²) in [7, 11) is 0. The number of nitrogens with one attached hydrogen (secondary N) is 2. The highest BCUT2D eigenvalue weighted by Crippen LogP contribution is 2.33. The monoisotopic (exact) mass is 379 g/mol. The lowest BCUT2D eigenvalue weighted by atomic mass is 9.91. The number of anilines is 3. The number of hydrogen-bond donors (Lipinski definition) is 2. The number of nitrogens with zero attached hydrogens (tertiary/aromatic N) is 1. The van der Waals surface area contributed by atoms with Crippen LogP contribution in [-0.2, 0) is 4.79 Å². The molecular formula is C23H26FN3O. The van der Waals surface area contributed by atoms with Crippen molar-refractivity contribution in [3.63, 3.8) is 0 Å². The number of benzene rings is 2. The second kappa shape index (κ2) is 7.30. The third-order valence-electron chi connectivity index (χ3n) is 5.55. The predicted octanol–water partition coefficient (Wildman–Crippen LogP) is 5.02. The second-order valence-electron chi connectivity index (χ2n) is 8.20. The highest BCUT2D eigenvalue weighted by atomic mass is 19.1. The minimum absolute atomic E-state index is 0.224. The van der Waals surface area contributed by atoms with E-state index in [1.807, 2.05) is 6.07 Å². The molecule has 0 saturated carbocycles. The average Bonchev–Trinajstić information content (AvgIpc) is 2.93. The van der Waals surface area contributed by atoms with Gasteiger partial charge in [-0.05, 0) is 67.1 Å². The van der Waals surface area contributed by atoms with Crippen molar-refractivity contribution in [1.29, 1.82) is 0 Å². The van der Waals surface area contributed by atoms with Crippen molar-refractivity contribution in [3.8, 4) is 0 Å². The van der Waals surface area contributed by atoms with Crippen LogP contribution in [0.15, 0.2) is 42.6 Å². The molecule has 2 aliphatic heterocycles. The first-order valence-electron chi connectivity index (χ1n) is 9.84. The molecule has 2 heterocycles. The SMILES string of the molecule is Cc1cc(NC=C2C(=O)Nc3cc(F)ccc32)ccc1N1CC(C)CC(C)C1. The number of aryl methyl sites for hydroxylation is 1. The minimum Gasteiger partial charge on any atom is -0.371 e. The molecule has 4 rings (SSSR count). The second-order valence-corrected chi connectivity index (χ2v) is 8.20. The van der Waals surface area contributed by atoms with Gasteiger partial charge in [-0.3, -0.25) is 4.79 Å². The number of rotatable bonds is 3. The van der Waals surface area contributed by atoms with Crippen LogP contribution in [0.5, 0.6) is 0 Å². The van der Waals surface area contributed by atoms with E-state index in [9.17, 15) is 9.18 Å². The fourth-order valence-corrected chi connectivity index (χ4v) is 4.43. The third kappa shape index (κ3) is 3.61. The van der Waals surface area contributed by atoms with Crippen LogP contribution in [-0.4, -0.2) is 19.0 Å². The molecule has 2 N–H and O–H groups in total. The van der Waals surface area contributed by atoms with Gasteiger partial charge >= 0.3 is 0 Å². The Morgan fingerprint density at radius 2 is 1.89 bits per heavy atom. The molecule has 4 nitrogen and oxygen atoms in total. The Hall–Kier alpha value is -2.82. The van der Waals surface area contributed by atoms with E-state index in [2.05, 4.69) is 48.4 Å². The third-order valence-corrected chi connectivity index (χ3v) is 5.55. The van der Waals surface area contributed by atoms with E-state index in [1.54, 1.807) is 12.3 Å². The lowest BCUT2D eigenvalue weighted by Gasteiger charge is -2.37. The van der Waals surface area contributed by atoms with Gasteiger partial charge in [-0.15, -0.1) is 0 Å². The zero-order valence-electron chi connectivity index (χ0n) is 16.6. The molecule has 1 saturated heterocycles. The Bertz CT molecular complexity index is 943. The number of hydrogen-bond acceptors (Lipinski definition) is 3. The molecule has 28 heavy (non-hydrogen) atoms. The summed E-state index contributed by atoms with van der Waals surface area (Å²) in [6.45, 7) is 8.94. The van der Waals surface area contributed by atoms with Crippen molar-refractivity contribution in [2.45, 2.75) is 27.2 Å². The molecule has 2 aromatic rings. The maximum absolute atomic E-state index is 13.4. The van der Waals surface area contributed by atoms with Gasteiger partial charge in [0.2, 0.25) is 0 Å². The summed E-state index contributed by atoms with van der Waals surface area (Å²) in [6, 6.07) is 10.6. The van der Waals surface area contributed by atoms with E-state index in [0.29, 0.717) is 28.7 Å². The first-order valence-corrected chi connectivity index (χ1v) is 9.84. The summed E-state index contributed by atoms with van der Waals surface area (Å²) in [5.41, 5.74) is 5.14. The van der Waals surface area contributed by atoms with Gasteiger partial charge in [-0.2, -0.15) is 0 Å². The van der Waals surface area contributed by atoms with Crippen LogP contribution in [0.3, 0.4) is 0 Å². The number of halogens is 1. The molecule has 2 aliphatic rings. The first-order chi connectivity index (χ1) is 13.4. The van der Waals surface area contributed by atoms with Gasteiger partial charge in [0.05, 0.1) is 11.3 Å². The molecule has 2 unspecified atom stereocenters. The number of carbonyl (C=O) groups excluding carboxylic acids is 1. The van der Waals surface area contributed by atoms with Gasteiger partial charge in [0.15, 0.2) is 0 Å². The van der Waals surface area contributed by atoms with E-state index in [4.69, 9.17) is 0 Å². The predicted molar refractivity (Wildman–Crippen MR) is 113 cm³/mol. The largest absolute Gasteiger partial charge is 0.371 e. The molecular weight excluding hydrogens is 353 g/mol. The number of carbonyl (C=O) groups is 1. The van der Waals surface area contributed by atoms with Crippen molar-refractivity contribution in [1.82, 2.24) is 0 Å². The van der Waals surface area contributed by atoms with Crippen molar-refractivity contribution in [2.75, 3.05) is 28.6 Å². The summed E-state index contributed by atoms with van der Waals surface area (Å²) in [4.78, 5) is 14.7. The summed E-state index contributed by atoms with van der Waals surface area (Å²) >= 11 is 0. The van der Waals surface area contributed by atoms with Crippen molar-refractivity contribution < 1.29 is 9.18 Å². The van der Waals surface area contributed by atoms with Gasteiger partial charge in [0.25, 0.3) is 5.91 Å². The van der Waals surface area contributed by atoms with Crippen molar-refractivity contribution >= 4 is 28.5 Å². The maximum Gasteiger partial charge on any atom is 0.257 e. The molecule has 2 atom stereocenters. The van der Waals surface area contributed by atoms with Gasteiger partial charge in [-0.25, -0.2) is 4.39 Å². The van der Waals surface area contributed by atoms with Crippen LogP contribution in [0.1, 0.15) is 31.4 Å². The first kappa shape index (κ1) is 18.5. The van der Waals surface area contributed by atoms with Crippen molar-refractivity contribution in [2.24, 2.45) is 11.8 Å². The van der Waals surface area contributed by atoms with Crippen LogP contribution >= 0.6 is 0 Å². The summed E-state index contributed by atoms with van der Waals surface area (Å²) < 4.78 is 13.4. The Balaban J connectivity index is 1.53. The number of amides is 1. The number of piperidine rings is 1. The lowest BCUT2D eigenvalue weighted by molar-refractivity contribution is -0.110. The fraction of sp³-hybridized carbons (Fsp3) is 0.348. The molecule has 2 aromatic carbocycles. The molecule has 0 bridgehead atoms. The fourth-order valence-electron chi connectivity index (χ4n) is 4.43. The Kier molecular flexibility index (Phi) is 4.84. The zero-order chi connectivity index (χ0) is 19.8. The Morgan fingerprint density at radius 1 is 1.14 bits per heavy atom. The molecule has 0 aliphatic carbocycles. The standard InChI is InChI=1S/C23H26FN3O/c1-14-8-15(2)13-27(12-14)22-7-5-18(9-16(22)3)25-11-20-19-6-4-17(24)10-21(19)26-23(20)28/h4-7,9-11,14-15,25H,8,12-13H2,1-3H3,(H,26,28). The highest BCUT2D eigenvalue weighted by molar-refractivity contribution is 6.31. The zero-order valence-corrected chi connectivity index (χ0v) is 16.6.